The van der Waals surface area contributed by atoms with E-state index in [0.717, 1.165) is 12.5 Å². The van der Waals surface area contributed by atoms with Crippen molar-refractivity contribution < 1.29 is 4.79 Å². The number of nitrogens with two attached hydrogens (primary N) is 1. The van der Waals surface area contributed by atoms with Crippen LogP contribution in [0.25, 0.3) is 0 Å². The van der Waals surface area contributed by atoms with Gasteiger partial charge in [-0.3, -0.25) is 9.69 Å². The summed E-state index contributed by atoms with van der Waals surface area (Å²) in [7, 11) is 0. The van der Waals surface area contributed by atoms with Crippen LogP contribution >= 0.6 is 0 Å². The van der Waals surface area contributed by atoms with Crippen LogP contribution in [-0.2, 0) is 4.79 Å². The highest BCUT2D eigenvalue weighted by Crippen LogP contribution is 2.33. The molecule has 1 saturated heterocycles. The molecule has 2 N–H and O–H groups in total. The molecule has 2 fully saturated rings. The highest BCUT2D eigenvalue weighted by Gasteiger charge is 2.31. The first-order valence-corrected chi connectivity index (χ1v) is 6.80. The topological polar surface area (TPSA) is 46.3 Å². The van der Waals surface area contributed by atoms with Crippen molar-refractivity contribution in [1.29, 1.82) is 0 Å². The van der Waals surface area contributed by atoms with Crippen LogP contribution in [0.3, 0.4) is 0 Å². The van der Waals surface area contributed by atoms with Gasteiger partial charge in [0.1, 0.15) is 0 Å². The number of amides is 1. The zero-order chi connectivity index (χ0) is 11.4. The van der Waals surface area contributed by atoms with Gasteiger partial charge in [0.15, 0.2) is 0 Å². The van der Waals surface area contributed by atoms with E-state index in [9.17, 15) is 4.79 Å². The lowest BCUT2D eigenvalue weighted by Gasteiger charge is -2.41. The van der Waals surface area contributed by atoms with E-state index in [4.69, 9.17) is 5.73 Å². The average molecular weight is 224 g/mol. The van der Waals surface area contributed by atoms with Crippen LogP contribution in [0.2, 0.25) is 0 Å². The fraction of sp³-hybridized carbons (Fsp3) is 0.923. The van der Waals surface area contributed by atoms with E-state index in [1.807, 2.05) is 0 Å². The molecule has 0 aromatic rings. The van der Waals surface area contributed by atoms with E-state index in [1.165, 1.54) is 51.4 Å². The number of primary amides is 1. The fourth-order valence-electron chi connectivity index (χ4n) is 3.47. The van der Waals surface area contributed by atoms with Crippen molar-refractivity contribution in [2.24, 2.45) is 11.7 Å². The molecule has 92 valence electrons. The fourth-order valence-corrected chi connectivity index (χ4v) is 3.47. The Kier molecular flexibility index (Phi) is 4.22. The average Bonchev–Trinajstić information content (AvgIpc) is 2.30. The van der Waals surface area contributed by atoms with Gasteiger partial charge in [-0.05, 0) is 38.1 Å². The van der Waals surface area contributed by atoms with Gasteiger partial charge in [-0.15, -0.1) is 0 Å². The minimum Gasteiger partial charge on any atom is -0.369 e. The van der Waals surface area contributed by atoms with Crippen LogP contribution in [0.15, 0.2) is 0 Å². The summed E-state index contributed by atoms with van der Waals surface area (Å²) in [5.74, 6) is 0.663. The summed E-state index contributed by atoms with van der Waals surface area (Å²) < 4.78 is 0. The molecule has 1 atom stereocenters. The molecular weight excluding hydrogens is 200 g/mol. The molecule has 1 aliphatic heterocycles. The van der Waals surface area contributed by atoms with Crippen LogP contribution in [-0.4, -0.2) is 29.9 Å². The third-order valence-corrected chi connectivity index (χ3v) is 4.22. The number of piperidine rings is 1. The Balaban J connectivity index is 1.94. The van der Waals surface area contributed by atoms with E-state index in [2.05, 4.69) is 4.90 Å². The Morgan fingerprint density at radius 1 is 1.06 bits per heavy atom. The summed E-state index contributed by atoms with van der Waals surface area (Å²) in [5, 5.41) is 0. The third kappa shape index (κ3) is 2.97. The van der Waals surface area contributed by atoms with E-state index in [1.54, 1.807) is 0 Å². The number of carbonyl (C=O) groups is 1. The van der Waals surface area contributed by atoms with Crippen LogP contribution in [0, 0.1) is 5.92 Å². The van der Waals surface area contributed by atoms with Gasteiger partial charge >= 0.3 is 0 Å². The van der Waals surface area contributed by atoms with Crippen LogP contribution < -0.4 is 5.73 Å². The molecule has 2 rings (SSSR count). The zero-order valence-electron chi connectivity index (χ0n) is 10.2. The van der Waals surface area contributed by atoms with E-state index in [-0.39, 0.29) is 5.91 Å². The third-order valence-electron chi connectivity index (χ3n) is 4.22. The summed E-state index contributed by atoms with van der Waals surface area (Å²) in [6, 6.07) is 0.640. The molecule has 2 aliphatic rings. The predicted molar refractivity (Wildman–Crippen MR) is 65.0 cm³/mol. The smallest absolute Gasteiger partial charge is 0.231 e. The van der Waals surface area contributed by atoms with Gasteiger partial charge in [-0.2, -0.15) is 0 Å². The molecule has 0 radical (unpaired) electrons. The van der Waals surface area contributed by atoms with Crippen LogP contribution in [0.5, 0.6) is 0 Å². The van der Waals surface area contributed by atoms with Gasteiger partial charge in [0, 0.05) is 6.04 Å². The number of rotatable bonds is 3. The highest BCUT2D eigenvalue weighted by atomic mass is 16.1. The van der Waals surface area contributed by atoms with Crippen molar-refractivity contribution in [2.45, 2.75) is 57.4 Å². The molecule has 1 amide bonds. The maximum Gasteiger partial charge on any atom is 0.231 e. The minimum absolute atomic E-state index is 0.164. The van der Waals surface area contributed by atoms with Gasteiger partial charge in [0.25, 0.3) is 0 Å². The maximum atomic E-state index is 11.1. The lowest BCUT2D eigenvalue weighted by Crippen LogP contribution is -2.48. The molecule has 0 bridgehead atoms. The monoisotopic (exact) mass is 224 g/mol. The minimum atomic E-state index is -0.164. The molecule has 0 aromatic carbocycles. The zero-order valence-corrected chi connectivity index (χ0v) is 10.2. The Morgan fingerprint density at radius 2 is 1.75 bits per heavy atom. The lowest BCUT2D eigenvalue weighted by atomic mass is 9.80. The first-order valence-electron chi connectivity index (χ1n) is 6.80. The van der Waals surface area contributed by atoms with Crippen molar-refractivity contribution >= 4 is 5.91 Å². The number of hydrogen-bond donors (Lipinski definition) is 1. The molecule has 1 saturated carbocycles. The van der Waals surface area contributed by atoms with Gasteiger partial charge in [-0.1, -0.05) is 25.7 Å². The maximum absolute atomic E-state index is 11.1. The van der Waals surface area contributed by atoms with Crippen molar-refractivity contribution in [2.75, 3.05) is 13.1 Å². The van der Waals surface area contributed by atoms with Gasteiger partial charge in [-0.25, -0.2) is 0 Å². The van der Waals surface area contributed by atoms with E-state index in [0.29, 0.717) is 12.6 Å². The van der Waals surface area contributed by atoms with Gasteiger partial charge < -0.3 is 5.73 Å². The molecule has 3 nitrogen and oxygen atoms in total. The number of hydrogen-bond acceptors (Lipinski definition) is 2. The Bertz CT molecular complexity index is 236. The molecule has 3 heteroatoms. The molecule has 1 aliphatic carbocycles. The van der Waals surface area contributed by atoms with Gasteiger partial charge in [0.05, 0.1) is 6.54 Å². The molecule has 0 spiro atoms. The van der Waals surface area contributed by atoms with Crippen LogP contribution in [0.4, 0.5) is 0 Å². The summed E-state index contributed by atoms with van der Waals surface area (Å²) in [5.41, 5.74) is 5.33. The summed E-state index contributed by atoms with van der Waals surface area (Å²) >= 11 is 0. The quantitative estimate of drug-likeness (QED) is 0.796. The van der Waals surface area contributed by atoms with Crippen molar-refractivity contribution in [3.63, 3.8) is 0 Å². The largest absolute Gasteiger partial charge is 0.369 e. The van der Waals surface area contributed by atoms with E-state index < -0.39 is 0 Å². The molecule has 16 heavy (non-hydrogen) atoms. The second-order valence-corrected chi connectivity index (χ2v) is 5.40. The van der Waals surface area contributed by atoms with Crippen LogP contribution in [0.1, 0.15) is 51.4 Å². The highest BCUT2D eigenvalue weighted by molar-refractivity contribution is 5.75. The number of carbonyl (C=O) groups excluding carboxylic acids is 1. The second kappa shape index (κ2) is 5.67. The molecular formula is C13H24N2O. The first-order chi connectivity index (χ1) is 7.77. The van der Waals surface area contributed by atoms with E-state index >= 15 is 0 Å². The van der Waals surface area contributed by atoms with Crippen molar-refractivity contribution in [3.05, 3.63) is 0 Å². The Hall–Kier alpha value is -0.570. The summed E-state index contributed by atoms with van der Waals surface area (Å²) in [4.78, 5) is 13.4. The Morgan fingerprint density at radius 3 is 2.44 bits per heavy atom. The number of likely N-dealkylation sites (tertiary alicyclic amines) is 1. The molecule has 1 heterocycles. The number of nitrogens with zero attached hydrogens (tertiary/aromatic N) is 1. The standard InChI is InChI=1S/C13H24N2O/c14-13(16)10-15-9-5-4-8-12(15)11-6-2-1-3-7-11/h11-12H,1-10H2,(H2,14,16). The van der Waals surface area contributed by atoms with Crippen molar-refractivity contribution in [1.82, 2.24) is 4.90 Å². The summed E-state index contributed by atoms with van der Waals surface area (Å²) in [6.07, 6.45) is 10.7. The lowest BCUT2D eigenvalue weighted by molar-refractivity contribution is -0.120. The molecule has 0 aromatic heterocycles. The summed E-state index contributed by atoms with van der Waals surface area (Å²) in [6.45, 7) is 1.55. The molecule has 1 unspecified atom stereocenters. The van der Waals surface area contributed by atoms with Crippen molar-refractivity contribution in [3.8, 4) is 0 Å². The first kappa shape index (κ1) is 11.9. The predicted octanol–water partition coefficient (Wildman–Crippen LogP) is 1.91. The SMILES string of the molecule is NC(=O)CN1CCCCC1C1CCCCC1. The normalized spacial score (nSPS) is 29.1. The Labute approximate surface area is 98.4 Å². The second-order valence-electron chi connectivity index (χ2n) is 5.40. The van der Waals surface area contributed by atoms with Gasteiger partial charge in [0.2, 0.25) is 5.91 Å².